The van der Waals surface area contributed by atoms with Crippen molar-refractivity contribution in [2.24, 2.45) is 0 Å². The van der Waals surface area contributed by atoms with Crippen molar-refractivity contribution in [2.45, 2.75) is 24.8 Å². The summed E-state index contributed by atoms with van der Waals surface area (Å²) in [7, 11) is 0. The molecule has 1 aromatic heterocycles. The quantitative estimate of drug-likeness (QED) is 0.603. The molecule has 3 aliphatic rings. The predicted octanol–water partition coefficient (Wildman–Crippen LogP) is 1.75. The maximum Gasteiger partial charge on any atom is 0.129 e. The van der Waals surface area contributed by atoms with E-state index in [0.29, 0.717) is 0 Å². The molecular formula is C9H10N2. The van der Waals surface area contributed by atoms with Crippen molar-refractivity contribution in [2.75, 3.05) is 5.32 Å². The minimum atomic E-state index is 0.724. The number of aromatic nitrogens is 1. The third kappa shape index (κ3) is 0.642. The SMILES string of the molecule is c1cnc2c(c1)C1CC(C1)N2. The van der Waals surface area contributed by atoms with E-state index >= 15 is 0 Å². The first-order valence-corrected chi connectivity index (χ1v) is 4.15. The Bertz CT molecular complexity index is 289. The van der Waals surface area contributed by atoms with Gasteiger partial charge in [0.25, 0.3) is 0 Å². The van der Waals surface area contributed by atoms with Crippen molar-refractivity contribution in [1.29, 1.82) is 0 Å². The summed E-state index contributed by atoms with van der Waals surface area (Å²) in [6, 6.07) is 4.94. The van der Waals surface area contributed by atoms with Crippen molar-refractivity contribution in [3.05, 3.63) is 23.9 Å². The van der Waals surface area contributed by atoms with Gasteiger partial charge in [-0.2, -0.15) is 0 Å². The Morgan fingerprint density at radius 1 is 1.45 bits per heavy atom. The molecule has 1 aromatic rings. The maximum atomic E-state index is 4.29. The lowest BCUT2D eigenvalue weighted by Crippen LogP contribution is -2.39. The number of hydrogen-bond donors (Lipinski definition) is 1. The number of anilines is 1. The number of rotatable bonds is 0. The lowest BCUT2D eigenvalue weighted by atomic mass is 9.73. The number of hydrogen-bond acceptors (Lipinski definition) is 2. The van der Waals surface area contributed by atoms with Crippen molar-refractivity contribution < 1.29 is 0 Å². The van der Waals surface area contributed by atoms with Gasteiger partial charge in [0.2, 0.25) is 0 Å². The fourth-order valence-electron chi connectivity index (χ4n) is 2.05. The molecule has 2 bridgehead atoms. The molecule has 2 heteroatoms. The zero-order valence-corrected chi connectivity index (χ0v) is 6.25. The highest BCUT2D eigenvalue weighted by molar-refractivity contribution is 5.52. The molecule has 56 valence electrons. The van der Waals surface area contributed by atoms with E-state index < -0.39 is 0 Å². The highest BCUT2D eigenvalue weighted by atomic mass is 15.0. The Morgan fingerprint density at radius 2 is 2.36 bits per heavy atom. The van der Waals surface area contributed by atoms with Crippen molar-refractivity contribution in [1.82, 2.24) is 4.98 Å². The standard InChI is InChI=1S/C9H10N2/c1-2-8-6-4-7(5-6)11-9(8)10-3-1/h1-3,6-7H,4-5H2,(H,10,11). The molecule has 11 heavy (non-hydrogen) atoms. The zero-order chi connectivity index (χ0) is 7.26. The van der Waals surface area contributed by atoms with E-state index in [9.17, 15) is 0 Å². The molecule has 0 unspecified atom stereocenters. The van der Waals surface area contributed by atoms with Crippen molar-refractivity contribution in [3.8, 4) is 0 Å². The van der Waals surface area contributed by atoms with Crippen molar-refractivity contribution >= 4 is 5.82 Å². The van der Waals surface area contributed by atoms with Crippen LogP contribution in [0.5, 0.6) is 0 Å². The summed E-state index contributed by atoms with van der Waals surface area (Å²) in [5.74, 6) is 1.94. The van der Waals surface area contributed by atoms with Crippen molar-refractivity contribution in [3.63, 3.8) is 0 Å². The van der Waals surface area contributed by atoms with Crippen LogP contribution in [0.15, 0.2) is 18.3 Å². The Kier molecular flexibility index (Phi) is 0.891. The van der Waals surface area contributed by atoms with E-state index in [4.69, 9.17) is 0 Å². The first kappa shape index (κ1) is 5.58. The Morgan fingerprint density at radius 3 is 3.18 bits per heavy atom. The van der Waals surface area contributed by atoms with Gasteiger partial charge in [0.05, 0.1) is 0 Å². The Hall–Kier alpha value is -1.05. The predicted molar refractivity (Wildman–Crippen MR) is 43.6 cm³/mol. The average molecular weight is 146 g/mol. The number of nitrogens with zero attached hydrogens (tertiary/aromatic N) is 1. The number of pyridine rings is 1. The maximum absolute atomic E-state index is 4.29. The summed E-state index contributed by atoms with van der Waals surface area (Å²) < 4.78 is 0. The van der Waals surface area contributed by atoms with Gasteiger partial charge in [-0.25, -0.2) is 4.98 Å². The molecule has 0 radical (unpaired) electrons. The normalized spacial score (nSPS) is 31.6. The minimum absolute atomic E-state index is 0.724. The van der Waals surface area contributed by atoms with Crippen LogP contribution in [0.4, 0.5) is 5.82 Å². The summed E-state index contributed by atoms with van der Waals surface area (Å²) >= 11 is 0. The van der Waals surface area contributed by atoms with Crippen LogP contribution in [-0.2, 0) is 0 Å². The molecule has 1 fully saturated rings. The molecule has 2 aliphatic heterocycles. The van der Waals surface area contributed by atoms with E-state index in [1.54, 1.807) is 0 Å². The van der Waals surface area contributed by atoms with E-state index in [1.165, 1.54) is 18.4 Å². The van der Waals surface area contributed by atoms with Gasteiger partial charge >= 0.3 is 0 Å². The average Bonchev–Trinajstić information content (AvgIpc) is 2.02. The molecule has 1 N–H and O–H groups in total. The van der Waals surface area contributed by atoms with Gasteiger partial charge in [-0.05, 0) is 30.4 Å². The van der Waals surface area contributed by atoms with E-state index in [2.05, 4.69) is 16.4 Å². The molecule has 0 atom stereocenters. The Labute approximate surface area is 65.6 Å². The van der Waals surface area contributed by atoms with Crippen LogP contribution in [0.1, 0.15) is 24.3 Å². The highest BCUT2D eigenvalue weighted by Gasteiger charge is 2.36. The molecule has 1 aliphatic carbocycles. The molecule has 1 saturated carbocycles. The second-order valence-corrected chi connectivity index (χ2v) is 3.45. The van der Waals surface area contributed by atoms with Crippen LogP contribution in [0, 0.1) is 0 Å². The van der Waals surface area contributed by atoms with Crippen LogP contribution in [0.2, 0.25) is 0 Å². The molecule has 0 aromatic carbocycles. The highest BCUT2D eigenvalue weighted by Crippen LogP contribution is 2.45. The molecule has 0 amide bonds. The van der Waals surface area contributed by atoms with Gasteiger partial charge in [-0.15, -0.1) is 0 Å². The molecular weight excluding hydrogens is 136 g/mol. The summed E-state index contributed by atoms with van der Waals surface area (Å²) in [6.07, 6.45) is 4.49. The van der Waals surface area contributed by atoms with Gasteiger partial charge in [-0.1, -0.05) is 6.07 Å². The molecule has 3 heterocycles. The monoisotopic (exact) mass is 146 g/mol. The minimum Gasteiger partial charge on any atom is -0.367 e. The van der Waals surface area contributed by atoms with Crippen LogP contribution >= 0.6 is 0 Å². The molecule has 2 nitrogen and oxygen atoms in total. The number of nitrogens with one attached hydrogen (secondary N) is 1. The van der Waals surface area contributed by atoms with E-state index in [1.807, 2.05) is 12.3 Å². The zero-order valence-electron chi connectivity index (χ0n) is 6.25. The third-order valence-electron chi connectivity index (χ3n) is 2.76. The van der Waals surface area contributed by atoms with Crippen LogP contribution < -0.4 is 5.32 Å². The lowest BCUT2D eigenvalue weighted by Gasteiger charge is -2.42. The Balaban J connectivity index is 2.16. The summed E-state index contributed by atoms with van der Waals surface area (Å²) in [6.45, 7) is 0. The summed E-state index contributed by atoms with van der Waals surface area (Å²) in [4.78, 5) is 4.29. The molecule has 0 saturated heterocycles. The largest absolute Gasteiger partial charge is 0.367 e. The van der Waals surface area contributed by atoms with Gasteiger partial charge in [0.1, 0.15) is 5.82 Å². The fraction of sp³-hybridized carbons (Fsp3) is 0.444. The topological polar surface area (TPSA) is 24.9 Å². The first-order chi connectivity index (χ1) is 5.43. The fourth-order valence-corrected chi connectivity index (χ4v) is 2.05. The summed E-state index contributed by atoms with van der Waals surface area (Å²) in [5, 5.41) is 3.41. The van der Waals surface area contributed by atoms with E-state index in [0.717, 1.165) is 17.8 Å². The third-order valence-corrected chi connectivity index (χ3v) is 2.76. The van der Waals surface area contributed by atoms with Gasteiger partial charge in [0.15, 0.2) is 0 Å². The van der Waals surface area contributed by atoms with Gasteiger partial charge in [0, 0.05) is 12.2 Å². The second-order valence-electron chi connectivity index (χ2n) is 3.45. The first-order valence-electron chi connectivity index (χ1n) is 4.15. The molecule has 0 spiro atoms. The second kappa shape index (κ2) is 1.76. The van der Waals surface area contributed by atoms with Crippen LogP contribution in [-0.4, -0.2) is 11.0 Å². The molecule has 4 rings (SSSR count). The smallest absolute Gasteiger partial charge is 0.129 e. The van der Waals surface area contributed by atoms with Gasteiger partial charge < -0.3 is 5.32 Å². The summed E-state index contributed by atoms with van der Waals surface area (Å²) in [5.41, 5.74) is 1.43. The van der Waals surface area contributed by atoms with Gasteiger partial charge in [-0.3, -0.25) is 0 Å². The van der Waals surface area contributed by atoms with E-state index in [-0.39, 0.29) is 0 Å². The van der Waals surface area contributed by atoms with Crippen LogP contribution in [0.25, 0.3) is 0 Å². The lowest BCUT2D eigenvalue weighted by molar-refractivity contribution is 0.354. The van der Waals surface area contributed by atoms with Crippen LogP contribution in [0.3, 0.4) is 0 Å².